The third-order valence-corrected chi connectivity index (χ3v) is 1.68. The molecule has 0 aliphatic carbocycles. The fourth-order valence-electron chi connectivity index (χ4n) is 0.997. The molecule has 56 valence electrons. The van der Waals surface area contributed by atoms with Crippen LogP contribution in [0.2, 0.25) is 0 Å². The van der Waals surface area contributed by atoms with Gasteiger partial charge in [-0.25, -0.2) is 0 Å². The molecular weight excluding hydrogens is 128 g/mol. The molecule has 0 aromatic rings. The van der Waals surface area contributed by atoms with Gasteiger partial charge >= 0.3 is 0 Å². The summed E-state index contributed by atoms with van der Waals surface area (Å²) in [5.41, 5.74) is 6.20. The molecule has 0 radical (unpaired) electrons. The van der Waals surface area contributed by atoms with E-state index in [0.29, 0.717) is 13.1 Å². The number of carbonyl (C=O) groups excluding carboxylic acids is 1. The first-order valence-corrected chi connectivity index (χ1v) is 3.40. The lowest BCUT2D eigenvalue weighted by Crippen LogP contribution is -2.31. The molecular formula is C7H12N2O. The van der Waals surface area contributed by atoms with Gasteiger partial charge in [-0.1, -0.05) is 0 Å². The third kappa shape index (κ3) is 1.36. The number of hydrogen-bond donors (Lipinski definition) is 1. The van der Waals surface area contributed by atoms with Gasteiger partial charge in [-0.3, -0.25) is 4.79 Å². The van der Waals surface area contributed by atoms with Crippen LogP contribution >= 0.6 is 0 Å². The summed E-state index contributed by atoms with van der Waals surface area (Å²) in [5.74, 6) is 0.240. The van der Waals surface area contributed by atoms with E-state index in [1.807, 2.05) is 18.0 Å². The van der Waals surface area contributed by atoms with Gasteiger partial charge in [0.25, 0.3) is 0 Å². The number of nitrogens with zero attached hydrogens (tertiary/aromatic N) is 1. The fourth-order valence-corrected chi connectivity index (χ4v) is 0.997. The van der Waals surface area contributed by atoms with Crippen molar-refractivity contribution in [2.75, 3.05) is 13.2 Å². The van der Waals surface area contributed by atoms with E-state index in [2.05, 4.69) is 0 Å². The number of hydrogen-bond acceptors (Lipinski definition) is 3. The van der Waals surface area contributed by atoms with E-state index in [0.717, 1.165) is 12.1 Å². The number of Topliss-reactive ketones (excluding diaryl/α,β-unsaturated/α-hetero) is 1. The molecule has 0 aromatic carbocycles. The first kappa shape index (κ1) is 7.28. The van der Waals surface area contributed by atoms with E-state index in [4.69, 9.17) is 5.73 Å². The van der Waals surface area contributed by atoms with Gasteiger partial charge in [0.1, 0.15) is 0 Å². The molecule has 1 rings (SSSR count). The molecule has 0 aromatic heterocycles. The van der Waals surface area contributed by atoms with E-state index < -0.39 is 0 Å². The second kappa shape index (κ2) is 2.84. The predicted octanol–water partition coefficient (Wildman–Crippen LogP) is 0.0812. The van der Waals surface area contributed by atoms with E-state index in [1.54, 1.807) is 0 Å². The van der Waals surface area contributed by atoms with E-state index in [1.165, 1.54) is 0 Å². The third-order valence-electron chi connectivity index (χ3n) is 1.68. The quantitative estimate of drug-likeness (QED) is 0.561. The van der Waals surface area contributed by atoms with Gasteiger partial charge in [0.05, 0.1) is 6.67 Å². The standard InChI is InChI=1S/C7H12N2O/c1-6-4-9(5-8)3-2-7(6)10/h4H,2-3,5,8H2,1H3. The Balaban J connectivity index is 2.65. The molecule has 0 saturated carbocycles. The normalized spacial score (nSPS) is 19.2. The Kier molecular flexibility index (Phi) is 2.06. The van der Waals surface area contributed by atoms with Crippen LogP contribution in [0.4, 0.5) is 0 Å². The lowest BCUT2D eigenvalue weighted by atomic mass is 10.1. The lowest BCUT2D eigenvalue weighted by Gasteiger charge is -2.22. The van der Waals surface area contributed by atoms with E-state index in [-0.39, 0.29) is 5.78 Å². The molecule has 0 spiro atoms. The SMILES string of the molecule is CC1=CN(CN)CCC1=O. The molecule has 3 nitrogen and oxygen atoms in total. The second-order valence-corrected chi connectivity index (χ2v) is 2.48. The maximum atomic E-state index is 10.9. The molecule has 1 heterocycles. The zero-order chi connectivity index (χ0) is 7.56. The molecule has 1 aliphatic heterocycles. The Hall–Kier alpha value is -0.830. The largest absolute Gasteiger partial charge is 0.364 e. The van der Waals surface area contributed by atoms with Crippen molar-refractivity contribution in [3.8, 4) is 0 Å². The molecule has 2 N–H and O–H groups in total. The highest BCUT2D eigenvalue weighted by atomic mass is 16.1. The van der Waals surface area contributed by atoms with E-state index >= 15 is 0 Å². The summed E-state index contributed by atoms with van der Waals surface area (Å²) in [6.45, 7) is 3.10. The minimum atomic E-state index is 0.240. The highest BCUT2D eigenvalue weighted by molar-refractivity contribution is 5.95. The molecule has 0 bridgehead atoms. The summed E-state index contributed by atoms with van der Waals surface area (Å²) in [6, 6.07) is 0. The Morgan fingerprint density at radius 3 is 3.00 bits per heavy atom. The van der Waals surface area contributed by atoms with Crippen LogP contribution < -0.4 is 5.73 Å². The molecule has 0 unspecified atom stereocenters. The Bertz CT molecular complexity index is 174. The highest BCUT2D eigenvalue weighted by Gasteiger charge is 2.12. The minimum Gasteiger partial charge on any atom is -0.364 e. The van der Waals surface area contributed by atoms with Gasteiger partial charge in [0, 0.05) is 24.7 Å². The lowest BCUT2D eigenvalue weighted by molar-refractivity contribution is -0.116. The van der Waals surface area contributed by atoms with Gasteiger partial charge in [-0.15, -0.1) is 0 Å². The number of nitrogens with two attached hydrogens (primary N) is 1. The van der Waals surface area contributed by atoms with Crippen molar-refractivity contribution in [1.29, 1.82) is 0 Å². The number of allylic oxidation sites excluding steroid dienone is 1. The van der Waals surface area contributed by atoms with Gasteiger partial charge in [0.15, 0.2) is 5.78 Å². The molecule has 0 amide bonds. The summed E-state index contributed by atoms with van der Waals surface area (Å²) < 4.78 is 0. The van der Waals surface area contributed by atoms with Gasteiger partial charge in [-0.05, 0) is 6.92 Å². The van der Waals surface area contributed by atoms with Crippen LogP contribution in [0.25, 0.3) is 0 Å². The molecule has 0 saturated heterocycles. The van der Waals surface area contributed by atoms with Gasteiger partial charge in [-0.2, -0.15) is 0 Å². The van der Waals surface area contributed by atoms with Gasteiger partial charge < -0.3 is 10.6 Å². The monoisotopic (exact) mass is 140 g/mol. The summed E-state index contributed by atoms with van der Waals surface area (Å²) >= 11 is 0. The van der Waals surface area contributed by atoms with Crippen molar-refractivity contribution in [2.45, 2.75) is 13.3 Å². The summed E-state index contributed by atoms with van der Waals surface area (Å²) in [6.07, 6.45) is 2.44. The first-order chi connectivity index (χ1) is 4.74. The van der Waals surface area contributed by atoms with Gasteiger partial charge in [0.2, 0.25) is 0 Å². The Morgan fingerprint density at radius 2 is 2.50 bits per heavy atom. The average molecular weight is 140 g/mol. The maximum Gasteiger partial charge on any atom is 0.161 e. The van der Waals surface area contributed by atoms with Crippen LogP contribution in [0.1, 0.15) is 13.3 Å². The molecule has 0 fully saturated rings. The maximum absolute atomic E-state index is 10.9. The Morgan fingerprint density at radius 1 is 1.80 bits per heavy atom. The minimum absolute atomic E-state index is 0.240. The smallest absolute Gasteiger partial charge is 0.161 e. The number of ketones is 1. The fraction of sp³-hybridized carbons (Fsp3) is 0.571. The number of carbonyl (C=O) groups is 1. The van der Waals surface area contributed by atoms with Crippen LogP contribution in [-0.2, 0) is 4.79 Å². The summed E-state index contributed by atoms with van der Waals surface area (Å²) in [4.78, 5) is 12.9. The van der Waals surface area contributed by atoms with Crippen molar-refractivity contribution in [1.82, 2.24) is 4.90 Å². The van der Waals surface area contributed by atoms with Crippen molar-refractivity contribution in [2.24, 2.45) is 5.73 Å². The summed E-state index contributed by atoms with van der Waals surface area (Å²) in [5, 5.41) is 0. The van der Waals surface area contributed by atoms with Crippen LogP contribution in [0.5, 0.6) is 0 Å². The predicted molar refractivity (Wildman–Crippen MR) is 39.1 cm³/mol. The van der Waals surface area contributed by atoms with Crippen molar-refractivity contribution < 1.29 is 4.79 Å². The average Bonchev–Trinajstić information content (AvgIpc) is 1.95. The van der Waals surface area contributed by atoms with Crippen LogP contribution in [-0.4, -0.2) is 23.9 Å². The van der Waals surface area contributed by atoms with Crippen molar-refractivity contribution in [3.05, 3.63) is 11.8 Å². The zero-order valence-electron chi connectivity index (χ0n) is 6.13. The molecule has 10 heavy (non-hydrogen) atoms. The summed E-state index contributed by atoms with van der Waals surface area (Å²) in [7, 11) is 0. The molecule has 1 aliphatic rings. The molecule has 3 heteroatoms. The second-order valence-electron chi connectivity index (χ2n) is 2.48. The van der Waals surface area contributed by atoms with Crippen molar-refractivity contribution in [3.63, 3.8) is 0 Å². The van der Waals surface area contributed by atoms with Crippen molar-refractivity contribution >= 4 is 5.78 Å². The van der Waals surface area contributed by atoms with Crippen LogP contribution in [0.15, 0.2) is 11.8 Å². The first-order valence-electron chi connectivity index (χ1n) is 3.40. The number of rotatable bonds is 1. The molecule has 0 atom stereocenters. The topological polar surface area (TPSA) is 46.3 Å². The van der Waals surface area contributed by atoms with E-state index in [9.17, 15) is 4.79 Å². The highest BCUT2D eigenvalue weighted by Crippen LogP contribution is 2.08. The zero-order valence-corrected chi connectivity index (χ0v) is 6.13. The van der Waals surface area contributed by atoms with Crippen LogP contribution in [0, 0.1) is 0 Å². The van der Waals surface area contributed by atoms with Crippen LogP contribution in [0.3, 0.4) is 0 Å². The Labute approximate surface area is 60.5 Å².